The molecule has 0 atom stereocenters. The molecule has 0 N–H and O–H groups in total. The Kier molecular flexibility index (Phi) is 3.31. The maximum Gasteiger partial charge on any atom is 0.130 e. The molecule has 1 aliphatic rings. The van der Waals surface area contributed by atoms with E-state index in [1.54, 1.807) is 0 Å². The largest absolute Gasteiger partial charge is 0.299 e. The summed E-state index contributed by atoms with van der Waals surface area (Å²) in [6.07, 6.45) is 3.50. The molecule has 1 aromatic carbocycles. The highest BCUT2D eigenvalue weighted by Gasteiger charge is 2.15. The molecule has 82 valence electrons. The SMILES string of the molecule is Fc1cccc(F)c1CN1CCCCC1. The zero-order valence-corrected chi connectivity index (χ0v) is 8.68. The summed E-state index contributed by atoms with van der Waals surface area (Å²) in [5.41, 5.74) is 0.208. The fraction of sp³-hybridized carbons (Fsp3) is 0.500. The lowest BCUT2D eigenvalue weighted by Gasteiger charge is -2.26. The second-order valence-electron chi connectivity index (χ2n) is 4.04. The van der Waals surface area contributed by atoms with Crippen LogP contribution in [0.5, 0.6) is 0 Å². The molecule has 1 aromatic rings. The minimum absolute atomic E-state index is 0.208. The van der Waals surface area contributed by atoms with Crippen molar-refractivity contribution in [3.8, 4) is 0 Å². The first-order valence-corrected chi connectivity index (χ1v) is 5.42. The van der Waals surface area contributed by atoms with Crippen LogP contribution in [0.15, 0.2) is 18.2 Å². The van der Waals surface area contributed by atoms with Gasteiger partial charge in [0.15, 0.2) is 0 Å². The molecule has 0 aliphatic carbocycles. The van der Waals surface area contributed by atoms with Gasteiger partial charge >= 0.3 is 0 Å². The average Bonchev–Trinajstić information content (AvgIpc) is 2.25. The van der Waals surface area contributed by atoms with Gasteiger partial charge in [-0.15, -0.1) is 0 Å². The molecule has 0 bridgehead atoms. The number of likely N-dealkylation sites (tertiary alicyclic amines) is 1. The lowest BCUT2D eigenvalue weighted by atomic mass is 10.1. The van der Waals surface area contributed by atoms with E-state index in [4.69, 9.17) is 0 Å². The molecule has 1 nitrogen and oxygen atoms in total. The van der Waals surface area contributed by atoms with E-state index in [2.05, 4.69) is 4.90 Å². The third-order valence-electron chi connectivity index (χ3n) is 2.89. The van der Waals surface area contributed by atoms with Crippen LogP contribution < -0.4 is 0 Å². The van der Waals surface area contributed by atoms with Crippen molar-refractivity contribution in [3.63, 3.8) is 0 Å². The summed E-state index contributed by atoms with van der Waals surface area (Å²) >= 11 is 0. The Balaban J connectivity index is 2.09. The van der Waals surface area contributed by atoms with Crippen molar-refractivity contribution in [2.75, 3.05) is 13.1 Å². The van der Waals surface area contributed by atoms with Crippen LogP contribution in [0.4, 0.5) is 8.78 Å². The standard InChI is InChI=1S/C12H15F2N/c13-11-5-4-6-12(14)10(11)9-15-7-2-1-3-8-15/h4-6H,1-3,7-9H2. The highest BCUT2D eigenvalue weighted by atomic mass is 19.1. The number of nitrogens with zero attached hydrogens (tertiary/aromatic N) is 1. The maximum absolute atomic E-state index is 13.3. The molecule has 3 heteroatoms. The molecule has 0 aromatic heterocycles. The highest BCUT2D eigenvalue weighted by Crippen LogP contribution is 2.17. The highest BCUT2D eigenvalue weighted by molar-refractivity contribution is 5.19. The van der Waals surface area contributed by atoms with Gasteiger partial charge in [-0.1, -0.05) is 12.5 Å². The molecular weight excluding hydrogens is 196 g/mol. The van der Waals surface area contributed by atoms with Crippen molar-refractivity contribution in [3.05, 3.63) is 35.4 Å². The van der Waals surface area contributed by atoms with Crippen molar-refractivity contribution >= 4 is 0 Å². The van der Waals surface area contributed by atoms with Gasteiger partial charge in [0.2, 0.25) is 0 Å². The lowest BCUT2D eigenvalue weighted by molar-refractivity contribution is 0.215. The average molecular weight is 211 g/mol. The Morgan fingerprint density at radius 1 is 1.00 bits per heavy atom. The number of benzene rings is 1. The number of rotatable bonds is 2. The molecule has 0 radical (unpaired) electrons. The monoisotopic (exact) mass is 211 g/mol. The van der Waals surface area contributed by atoms with Crippen molar-refractivity contribution < 1.29 is 8.78 Å². The van der Waals surface area contributed by atoms with E-state index in [1.807, 2.05) is 0 Å². The minimum atomic E-state index is -0.430. The van der Waals surface area contributed by atoms with Crippen LogP contribution >= 0.6 is 0 Å². The van der Waals surface area contributed by atoms with E-state index in [1.165, 1.54) is 24.6 Å². The quantitative estimate of drug-likeness (QED) is 0.727. The third kappa shape index (κ3) is 2.53. The first-order valence-electron chi connectivity index (χ1n) is 5.42. The Hall–Kier alpha value is -0.960. The van der Waals surface area contributed by atoms with Crippen LogP contribution in [0.2, 0.25) is 0 Å². The number of hydrogen-bond donors (Lipinski definition) is 0. The second-order valence-corrected chi connectivity index (χ2v) is 4.04. The normalized spacial score (nSPS) is 18.0. The number of hydrogen-bond acceptors (Lipinski definition) is 1. The number of halogens is 2. The van der Waals surface area contributed by atoms with Gasteiger partial charge in [-0.3, -0.25) is 4.90 Å². The van der Waals surface area contributed by atoms with Gasteiger partial charge in [-0.2, -0.15) is 0 Å². The van der Waals surface area contributed by atoms with Crippen LogP contribution in [-0.4, -0.2) is 18.0 Å². The summed E-state index contributed by atoms with van der Waals surface area (Å²) in [6.45, 7) is 2.31. The summed E-state index contributed by atoms with van der Waals surface area (Å²) in [5, 5.41) is 0. The van der Waals surface area contributed by atoms with Gasteiger partial charge < -0.3 is 0 Å². The molecule has 1 aliphatic heterocycles. The molecule has 15 heavy (non-hydrogen) atoms. The maximum atomic E-state index is 13.3. The predicted molar refractivity (Wildman–Crippen MR) is 55.5 cm³/mol. The third-order valence-corrected chi connectivity index (χ3v) is 2.89. The van der Waals surface area contributed by atoms with Crippen molar-refractivity contribution in [1.82, 2.24) is 4.90 Å². The lowest BCUT2D eigenvalue weighted by Crippen LogP contribution is -2.29. The molecule has 1 heterocycles. The molecule has 1 saturated heterocycles. The van der Waals surface area contributed by atoms with Crippen LogP contribution in [0, 0.1) is 11.6 Å². The predicted octanol–water partition coefficient (Wildman–Crippen LogP) is 2.95. The Bertz CT molecular complexity index is 312. The first kappa shape index (κ1) is 10.6. The zero-order valence-electron chi connectivity index (χ0n) is 8.68. The smallest absolute Gasteiger partial charge is 0.130 e. The van der Waals surface area contributed by atoms with Crippen LogP contribution in [0.25, 0.3) is 0 Å². The summed E-state index contributed by atoms with van der Waals surface area (Å²) in [4.78, 5) is 2.12. The minimum Gasteiger partial charge on any atom is -0.299 e. The van der Waals surface area contributed by atoms with Gasteiger partial charge in [0.1, 0.15) is 11.6 Å². The second kappa shape index (κ2) is 4.71. The van der Waals surface area contributed by atoms with Gasteiger partial charge in [-0.25, -0.2) is 8.78 Å². The Morgan fingerprint density at radius 3 is 2.20 bits per heavy atom. The summed E-state index contributed by atoms with van der Waals surface area (Å²) in [7, 11) is 0. The Labute approximate surface area is 88.7 Å². The fourth-order valence-corrected chi connectivity index (χ4v) is 2.02. The number of piperidine rings is 1. The summed E-state index contributed by atoms with van der Waals surface area (Å²) in [6, 6.07) is 4.05. The topological polar surface area (TPSA) is 3.24 Å². The van der Waals surface area contributed by atoms with E-state index in [-0.39, 0.29) is 5.56 Å². The van der Waals surface area contributed by atoms with Crippen molar-refractivity contribution in [2.45, 2.75) is 25.8 Å². The Morgan fingerprint density at radius 2 is 1.60 bits per heavy atom. The van der Waals surface area contributed by atoms with Gasteiger partial charge in [-0.05, 0) is 38.1 Å². The summed E-state index contributed by atoms with van der Waals surface area (Å²) in [5.74, 6) is -0.860. The van der Waals surface area contributed by atoms with Gasteiger partial charge in [0, 0.05) is 12.1 Å². The molecule has 2 rings (SSSR count). The van der Waals surface area contributed by atoms with E-state index in [9.17, 15) is 8.78 Å². The first-order chi connectivity index (χ1) is 7.27. The molecule has 0 amide bonds. The van der Waals surface area contributed by atoms with E-state index >= 15 is 0 Å². The van der Waals surface area contributed by atoms with Crippen LogP contribution in [0.3, 0.4) is 0 Å². The molecule has 1 fully saturated rings. The van der Waals surface area contributed by atoms with Gasteiger partial charge in [0.05, 0.1) is 0 Å². The molecular formula is C12H15F2N. The fourth-order valence-electron chi connectivity index (χ4n) is 2.02. The molecule has 0 spiro atoms. The van der Waals surface area contributed by atoms with E-state index in [0.29, 0.717) is 6.54 Å². The van der Waals surface area contributed by atoms with Crippen molar-refractivity contribution in [2.24, 2.45) is 0 Å². The van der Waals surface area contributed by atoms with Crippen molar-refractivity contribution in [1.29, 1.82) is 0 Å². The van der Waals surface area contributed by atoms with E-state index in [0.717, 1.165) is 25.9 Å². The van der Waals surface area contributed by atoms with Crippen LogP contribution in [-0.2, 0) is 6.54 Å². The van der Waals surface area contributed by atoms with Crippen LogP contribution in [0.1, 0.15) is 24.8 Å². The van der Waals surface area contributed by atoms with E-state index < -0.39 is 11.6 Å². The molecule has 0 unspecified atom stereocenters. The molecule has 0 saturated carbocycles. The van der Waals surface area contributed by atoms with Gasteiger partial charge in [0.25, 0.3) is 0 Å². The zero-order chi connectivity index (χ0) is 10.7. The summed E-state index contributed by atoms with van der Waals surface area (Å²) < 4.78 is 26.7.